The predicted molar refractivity (Wildman–Crippen MR) is 239 cm³/mol. The smallest absolute Gasteiger partial charge is 1.00 e. The largest absolute Gasteiger partial charge is 3.00 e. The van der Waals surface area contributed by atoms with Gasteiger partial charge in [0.25, 0.3) is 0 Å². The number of hydrogen-bond donors (Lipinski definition) is 0. The van der Waals surface area contributed by atoms with Gasteiger partial charge in [-0.2, -0.15) is 6.08 Å². The van der Waals surface area contributed by atoms with Crippen LogP contribution in [0.25, 0.3) is 5.57 Å². The van der Waals surface area contributed by atoms with Crippen molar-refractivity contribution in [3.63, 3.8) is 0 Å². The van der Waals surface area contributed by atoms with Crippen molar-refractivity contribution in [2.75, 3.05) is 0 Å². The zero-order valence-electron chi connectivity index (χ0n) is 37.1. The predicted octanol–water partition coefficient (Wildman–Crippen LogP) is 8.75. The molecule has 0 aromatic heterocycles. The maximum Gasteiger partial charge on any atom is 3.00 e. The molecule has 12 rings (SSSR count). The first-order chi connectivity index (χ1) is 27.2. The molecule has 1 radical (unpaired) electrons. The van der Waals surface area contributed by atoms with Gasteiger partial charge in [-0.1, -0.05) is 186 Å². The van der Waals surface area contributed by atoms with Crippen molar-refractivity contribution in [3.8, 4) is 0 Å². The molecular weight excluding hydrogens is 847 g/mol. The Morgan fingerprint density at radius 2 is 1.08 bits per heavy atom. The summed E-state index contributed by atoms with van der Waals surface area (Å²) in [4.78, 5) is 0. The number of halogens is 2. The first-order valence-electron chi connectivity index (χ1n) is 22.5. The van der Waals surface area contributed by atoms with Gasteiger partial charge in [0.05, 0.1) is 0 Å². The molecule has 6 saturated carbocycles. The molecule has 6 fully saturated rings. The second kappa shape index (κ2) is 14.2. The molecular formula is C57H63Cl2Zr. The van der Waals surface area contributed by atoms with E-state index in [1.54, 1.807) is 22.3 Å². The van der Waals surface area contributed by atoms with Crippen LogP contribution in [0.3, 0.4) is 0 Å². The molecule has 0 aliphatic heterocycles. The second-order valence-corrected chi connectivity index (χ2v) is 21.7. The Balaban J connectivity index is 0.00000166. The molecule has 7 atom stereocenters. The van der Waals surface area contributed by atoms with Gasteiger partial charge in [-0.3, -0.25) is 0 Å². The van der Waals surface area contributed by atoms with Gasteiger partial charge < -0.3 is 24.8 Å². The minimum Gasteiger partial charge on any atom is -1.00 e. The van der Waals surface area contributed by atoms with E-state index in [0.29, 0.717) is 5.41 Å². The van der Waals surface area contributed by atoms with Crippen LogP contribution in [0.4, 0.5) is 0 Å². The monoisotopic (exact) mass is 907 g/mol. The summed E-state index contributed by atoms with van der Waals surface area (Å²) in [5.41, 5.74) is 12.6. The van der Waals surface area contributed by atoms with Gasteiger partial charge in [0.1, 0.15) is 0 Å². The van der Waals surface area contributed by atoms with Crippen molar-refractivity contribution in [2.24, 2.45) is 61.1 Å². The van der Waals surface area contributed by atoms with Crippen LogP contribution >= 0.6 is 0 Å². The first-order valence-corrected chi connectivity index (χ1v) is 22.5. The zero-order chi connectivity index (χ0) is 39.4. The van der Waals surface area contributed by atoms with E-state index in [-0.39, 0.29) is 88.9 Å². The molecule has 7 unspecified atom stereocenters. The summed E-state index contributed by atoms with van der Waals surface area (Å²) in [5.74, 6) is 2.73. The summed E-state index contributed by atoms with van der Waals surface area (Å²) in [6, 6.07) is 22.7. The maximum atomic E-state index is 2.82. The second-order valence-electron chi connectivity index (χ2n) is 21.7. The number of allylic oxidation sites excluding steroid dienone is 17. The third kappa shape index (κ3) is 4.94. The van der Waals surface area contributed by atoms with E-state index in [0.717, 1.165) is 24.2 Å². The van der Waals surface area contributed by atoms with Crippen LogP contribution in [-0.4, -0.2) is 0 Å². The number of benzene rings is 2. The third-order valence-corrected chi connectivity index (χ3v) is 20.3. The van der Waals surface area contributed by atoms with Crippen LogP contribution in [0.1, 0.15) is 111 Å². The Morgan fingerprint density at radius 3 is 1.60 bits per heavy atom. The van der Waals surface area contributed by atoms with E-state index in [2.05, 4.69) is 189 Å². The molecule has 4 bridgehead atoms. The molecule has 2 aromatic rings. The summed E-state index contributed by atoms with van der Waals surface area (Å²) < 4.78 is 0. The van der Waals surface area contributed by atoms with Crippen LogP contribution < -0.4 is 24.8 Å². The summed E-state index contributed by atoms with van der Waals surface area (Å²) in [5, 5.41) is 0. The van der Waals surface area contributed by atoms with E-state index in [1.165, 1.54) is 66.4 Å². The summed E-state index contributed by atoms with van der Waals surface area (Å²) >= 11 is 0. The van der Waals surface area contributed by atoms with Crippen LogP contribution in [0.15, 0.2) is 161 Å². The molecule has 0 N–H and O–H groups in total. The minimum atomic E-state index is -0.230. The van der Waals surface area contributed by atoms with E-state index < -0.39 is 0 Å². The molecule has 0 saturated heterocycles. The molecule has 0 amide bonds. The van der Waals surface area contributed by atoms with Crippen molar-refractivity contribution in [3.05, 3.63) is 178 Å². The van der Waals surface area contributed by atoms with Gasteiger partial charge >= 0.3 is 26.2 Å². The quantitative estimate of drug-likeness (QED) is 0.270. The van der Waals surface area contributed by atoms with Gasteiger partial charge in [-0.05, 0) is 125 Å². The third-order valence-electron chi connectivity index (χ3n) is 20.3. The van der Waals surface area contributed by atoms with Crippen LogP contribution in [0.2, 0.25) is 0 Å². The molecule has 0 nitrogen and oxygen atoms in total. The zero-order valence-corrected chi connectivity index (χ0v) is 41.1. The maximum absolute atomic E-state index is 2.82. The molecule has 10 aliphatic rings. The fraction of sp³-hybridized carbons (Fsp3) is 0.456. The fourth-order valence-corrected chi connectivity index (χ4v) is 17.1. The minimum absolute atomic E-state index is 0. The molecule has 2 aromatic carbocycles. The number of fused-ring (bicyclic) bond motifs is 8. The first kappa shape index (κ1) is 44.1. The van der Waals surface area contributed by atoms with Gasteiger partial charge in [-0.15, -0.1) is 0 Å². The molecule has 10 aliphatic carbocycles. The fourth-order valence-electron chi connectivity index (χ4n) is 17.1. The molecule has 309 valence electrons. The topological polar surface area (TPSA) is 0 Å². The van der Waals surface area contributed by atoms with E-state index in [4.69, 9.17) is 0 Å². The number of hydrogen-bond acceptors (Lipinski definition) is 0. The Morgan fingerprint density at radius 1 is 0.617 bits per heavy atom. The van der Waals surface area contributed by atoms with Gasteiger partial charge in [0, 0.05) is 16.2 Å². The van der Waals surface area contributed by atoms with Gasteiger partial charge in [0.15, 0.2) is 0 Å². The molecule has 3 heteroatoms. The Kier molecular flexibility index (Phi) is 10.4. The van der Waals surface area contributed by atoms with Crippen LogP contribution in [0.5, 0.6) is 0 Å². The van der Waals surface area contributed by atoms with E-state index in [9.17, 15) is 0 Å². The standard InChI is InChI=1S/C57H63.2ClH.Zr/c1-38-48(45-24-19-25-47(45)57-34-39-30-40(35-57)32-41(31-39)36-57)46(49(42-20-11-9-12-21-42)43-22-13-10-14-23-43)33-44-37-54(6)52(4)28-16-15-26-50(52,2)51(3)27-17-18-29-53(51,5)56(54,8)55(38,44)7;;;/h9-23,25-29,33,37,39-41H,24,30-32,34-36H2,1-8H3;2*1H;/q-1;;;+3/p-2. The summed E-state index contributed by atoms with van der Waals surface area (Å²) in [6.07, 6.45) is 40.3. The van der Waals surface area contributed by atoms with Crippen molar-refractivity contribution in [2.45, 2.75) is 100 Å². The normalized spacial score (nSPS) is 43.2. The molecule has 0 spiro atoms. The van der Waals surface area contributed by atoms with E-state index >= 15 is 0 Å². The summed E-state index contributed by atoms with van der Waals surface area (Å²) in [7, 11) is 0. The SMILES string of the molecule is CC1=C(C2=C(C34CC5CC(CC(C5)C3)C4)C=CC2)C(=C(c2ccccc2)c2ccccc2)C=C2[CH-]C3(C)C4(C)C=CC=CC4(C)C4(C)C=CC=CC4(C)C3(C)C21C.[Cl-].[Cl-].[Zr+3]. The van der Waals surface area contributed by atoms with E-state index in [1.807, 2.05) is 0 Å². The summed E-state index contributed by atoms with van der Waals surface area (Å²) in [6.45, 7) is 21.1. The van der Waals surface area contributed by atoms with Crippen LogP contribution in [-0.2, 0) is 26.2 Å². The van der Waals surface area contributed by atoms with Crippen molar-refractivity contribution >= 4 is 5.57 Å². The Labute approximate surface area is 393 Å². The average molecular weight is 910 g/mol. The van der Waals surface area contributed by atoms with Gasteiger partial charge in [-0.25, -0.2) is 12.0 Å². The molecule has 60 heavy (non-hydrogen) atoms. The Bertz CT molecular complexity index is 2320. The van der Waals surface area contributed by atoms with Crippen molar-refractivity contribution < 1.29 is 51.0 Å². The Hall–Kier alpha value is -2.57. The molecule has 0 heterocycles. The van der Waals surface area contributed by atoms with Crippen molar-refractivity contribution in [1.29, 1.82) is 0 Å². The average Bonchev–Trinajstić information content (AvgIpc) is 3.76. The van der Waals surface area contributed by atoms with Gasteiger partial charge in [0.2, 0.25) is 0 Å². The van der Waals surface area contributed by atoms with Crippen LogP contribution in [0, 0.1) is 67.5 Å². The number of rotatable bonds is 4. The van der Waals surface area contributed by atoms with Crippen molar-refractivity contribution in [1.82, 2.24) is 0 Å².